The largest absolute Gasteiger partial charge is 0.420 e. The van der Waals surface area contributed by atoms with Gasteiger partial charge in [-0.3, -0.25) is 9.78 Å². The molecule has 0 radical (unpaired) electrons. The Labute approximate surface area is 179 Å². The summed E-state index contributed by atoms with van der Waals surface area (Å²) in [5, 5.41) is 13.3. The third-order valence-corrected chi connectivity index (χ3v) is 5.67. The number of benzene rings is 1. The van der Waals surface area contributed by atoms with Crippen LogP contribution in [-0.4, -0.2) is 33.3 Å². The summed E-state index contributed by atoms with van der Waals surface area (Å²) in [5.74, 6) is -0.733. The minimum absolute atomic E-state index is 0.220. The summed E-state index contributed by atoms with van der Waals surface area (Å²) in [6.45, 7) is 1.54. The molecule has 5 nitrogen and oxygen atoms in total. The Morgan fingerprint density at radius 2 is 1.94 bits per heavy atom. The van der Waals surface area contributed by atoms with Gasteiger partial charge in [-0.2, -0.15) is 13.2 Å². The topological polar surface area (TPSA) is 75.1 Å². The number of carbonyl (C=O) groups is 1. The molecule has 10 heteroatoms. The van der Waals surface area contributed by atoms with E-state index in [0.29, 0.717) is 27.9 Å². The van der Waals surface area contributed by atoms with E-state index >= 15 is 0 Å². The van der Waals surface area contributed by atoms with Crippen molar-refractivity contribution in [3.8, 4) is 11.1 Å². The summed E-state index contributed by atoms with van der Waals surface area (Å²) < 4.78 is 51.5. The average Bonchev–Trinajstić information content (AvgIpc) is 3.45. The number of hydrogen-bond donors (Lipinski definition) is 2. The molecule has 31 heavy (non-hydrogen) atoms. The van der Waals surface area contributed by atoms with Crippen LogP contribution < -0.4 is 5.32 Å². The van der Waals surface area contributed by atoms with Crippen LogP contribution >= 0.6 is 11.6 Å². The fourth-order valence-electron chi connectivity index (χ4n) is 3.27. The number of aliphatic hydroxyl groups is 1. The number of amides is 1. The van der Waals surface area contributed by atoms with Crippen LogP contribution in [-0.2, 0) is 4.79 Å². The van der Waals surface area contributed by atoms with E-state index in [1.165, 1.54) is 12.4 Å². The van der Waals surface area contributed by atoms with Gasteiger partial charge in [0.15, 0.2) is 6.10 Å². The Hall–Kier alpha value is -2.78. The van der Waals surface area contributed by atoms with Gasteiger partial charge in [0.1, 0.15) is 12.0 Å². The van der Waals surface area contributed by atoms with Crippen LogP contribution in [0.2, 0.25) is 5.02 Å². The van der Waals surface area contributed by atoms with Crippen molar-refractivity contribution in [1.29, 1.82) is 0 Å². The molecule has 3 aromatic rings. The number of anilines is 1. The summed E-state index contributed by atoms with van der Waals surface area (Å²) in [6, 6.07) is 6.88. The zero-order valence-corrected chi connectivity index (χ0v) is 16.8. The summed E-state index contributed by atoms with van der Waals surface area (Å²) in [7, 11) is 0. The van der Waals surface area contributed by atoms with Crippen LogP contribution in [0, 0.1) is 12.8 Å². The lowest BCUT2D eigenvalue weighted by molar-refractivity contribution is -0.207. The van der Waals surface area contributed by atoms with E-state index in [4.69, 9.17) is 11.6 Å². The highest BCUT2D eigenvalue weighted by Gasteiger charge is 2.44. The molecule has 2 unspecified atom stereocenters. The Morgan fingerprint density at radius 1 is 1.23 bits per heavy atom. The van der Waals surface area contributed by atoms with Crippen LogP contribution in [0.4, 0.5) is 23.4 Å². The number of carbonyl (C=O) groups excluding carboxylic acids is 1. The van der Waals surface area contributed by atoms with Crippen molar-refractivity contribution in [3.63, 3.8) is 0 Å². The van der Waals surface area contributed by atoms with Gasteiger partial charge in [-0.15, -0.1) is 0 Å². The molecule has 0 spiro atoms. The second-order valence-electron chi connectivity index (χ2n) is 7.42. The SMILES string of the molecule is Cc1c(-c2ccc3cc(NC(=O)C4CC4F)ncc3c2)cnc([C@@H](O)C(F)(F)F)c1Cl. The van der Waals surface area contributed by atoms with Gasteiger partial charge in [0, 0.05) is 23.3 Å². The molecule has 0 aliphatic heterocycles. The van der Waals surface area contributed by atoms with Crippen molar-refractivity contribution in [2.24, 2.45) is 5.92 Å². The normalized spacial score (nSPS) is 19.3. The fraction of sp³-hybridized carbons (Fsp3) is 0.286. The van der Waals surface area contributed by atoms with E-state index in [2.05, 4.69) is 15.3 Å². The molecule has 0 bridgehead atoms. The first kappa shape index (κ1) is 21.5. The molecule has 1 aromatic carbocycles. The van der Waals surface area contributed by atoms with Crippen LogP contribution in [0.15, 0.2) is 36.7 Å². The van der Waals surface area contributed by atoms with E-state index in [0.717, 1.165) is 5.39 Å². The fourth-order valence-corrected chi connectivity index (χ4v) is 3.52. The minimum Gasteiger partial charge on any atom is -0.378 e. The van der Waals surface area contributed by atoms with E-state index < -0.39 is 36.0 Å². The predicted octanol–water partition coefficient (Wildman–Crippen LogP) is 5.15. The molecular formula is C21H16ClF4N3O2. The molecule has 1 aliphatic carbocycles. The smallest absolute Gasteiger partial charge is 0.378 e. The number of nitrogens with zero attached hydrogens (tertiary/aromatic N) is 2. The van der Waals surface area contributed by atoms with Crippen LogP contribution in [0.25, 0.3) is 21.9 Å². The van der Waals surface area contributed by atoms with E-state index in [1.807, 2.05) is 0 Å². The molecule has 1 aliphatic rings. The molecule has 1 fully saturated rings. The van der Waals surface area contributed by atoms with Crippen molar-refractivity contribution >= 4 is 34.1 Å². The summed E-state index contributed by atoms with van der Waals surface area (Å²) >= 11 is 6.08. The zero-order chi connectivity index (χ0) is 22.5. The second kappa shape index (κ2) is 7.72. The predicted molar refractivity (Wildman–Crippen MR) is 107 cm³/mol. The zero-order valence-electron chi connectivity index (χ0n) is 16.0. The van der Waals surface area contributed by atoms with E-state index in [9.17, 15) is 27.5 Å². The number of nitrogens with one attached hydrogen (secondary N) is 1. The summed E-state index contributed by atoms with van der Waals surface area (Å²) in [6.07, 6.45) is -5.77. The minimum atomic E-state index is -4.88. The number of pyridine rings is 2. The molecule has 0 saturated heterocycles. The highest BCUT2D eigenvalue weighted by molar-refractivity contribution is 6.32. The highest BCUT2D eigenvalue weighted by Crippen LogP contribution is 2.39. The first-order chi connectivity index (χ1) is 14.6. The lowest BCUT2D eigenvalue weighted by Crippen LogP contribution is -2.22. The van der Waals surface area contributed by atoms with Gasteiger partial charge in [-0.1, -0.05) is 23.7 Å². The number of fused-ring (bicyclic) bond motifs is 1. The Bertz CT molecular complexity index is 1190. The number of aromatic nitrogens is 2. The second-order valence-corrected chi connectivity index (χ2v) is 7.80. The lowest BCUT2D eigenvalue weighted by atomic mass is 9.99. The number of hydrogen-bond acceptors (Lipinski definition) is 4. The molecule has 3 atom stereocenters. The van der Waals surface area contributed by atoms with Gasteiger partial charge in [-0.25, -0.2) is 9.37 Å². The van der Waals surface area contributed by atoms with Crippen LogP contribution in [0.1, 0.15) is 23.8 Å². The van der Waals surface area contributed by atoms with Crippen molar-refractivity contribution in [1.82, 2.24) is 9.97 Å². The maximum atomic E-state index is 13.0. The van der Waals surface area contributed by atoms with Gasteiger partial charge in [-0.05, 0) is 42.0 Å². The third kappa shape index (κ3) is 4.20. The quantitative estimate of drug-likeness (QED) is 0.536. The monoisotopic (exact) mass is 453 g/mol. The molecule has 4 rings (SSSR count). The van der Waals surface area contributed by atoms with E-state index in [1.54, 1.807) is 31.2 Å². The Kier molecular flexibility index (Phi) is 5.35. The molecule has 162 valence electrons. The Morgan fingerprint density at radius 3 is 2.58 bits per heavy atom. The molecular weight excluding hydrogens is 438 g/mol. The van der Waals surface area contributed by atoms with Crippen molar-refractivity contribution in [3.05, 3.63) is 52.9 Å². The molecule has 1 saturated carbocycles. The van der Waals surface area contributed by atoms with Gasteiger partial charge in [0.25, 0.3) is 0 Å². The van der Waals surface area contributed by atoms with E-state index in [-0.39, 0.29) is 11.4 Å². The van der Waals surface area contributed by atoms with Crippen molar-refractivity contribution < 1.29 is 27.5 Å². The molecule has 2 aromatic heterocycles. The first-order valence-electron chi connectivity index (χ1n) is 9.31. The number of aliphatic hydroxyl groups excluding tert-OH is 1. The molecule has 1 amide bonds. The number of rotatable bonds is 4. The lowest BCUT2D eigenvalue weighted by Gasteiger charge is -2.18. The molecule has 2 heterocycles. The van der Waals surface area contributed by atoms with Gasteiger partial charge in [0.05, 0.1) is 16.6 Å². The number of alkyl halides is 4. The van der Waals surface area contributed by atoms with Crippen molar-refractivity contribution in [2.75, 3.05) is 5.32 Å². The van der Waals surface area contributed by atoms with Gasteiger partial charge < -0.3 is 10.4 Å². The third-order valence-electron chi connectivity index (χ3n) is 5.19. The highest BCUT2D eigenvalue weighted by atomic mass is 35.5. The van der Waals surface area contributed by atoms with Gasteiger partial charge in [0.2, 0.25) is 5.91 Å². The maximum Gasteiger partial charge on any atom is 0.420 e. The standard InChI is InChI=1S/C21H16ClF4N3O2/c1-9-14(8-28-18(17(9)22)19(30)21(24,25)26)11-3-2-10-5-16(27-7-12(10)4-11)29-20(31)13-6-15(13)23/h2-5,7-8,13,15,19,30H,6H2,1H3,(H,27,29,31)/t13?,15?,19-/m1/s1. The maximum absolute atomic E-state index is 13.0. The first-order valence-corrected chi connectivity index (χ1v) is 9.69. The average molecular weight is 454 g/mol. The van der Waals surface area contributed by atoms with Crippen molar-refractivity contribution in [2.45, 2.75) is 31.8 Å². The molecule has 2 N–H and O–H groups in total. The summed E-state index contributed by atoms with van der Waals surface area (Å²) in [4.78, 5) is 19.8. The van der Waals surface area contributed by atoms with Crippen LogP contribution in [0.3, 0.4) is 0 Å². The summed E-state index contributed by atoms with van der Waals surface area (Å²) in [5.41, 5.74) is 0.843. The van der Waals surface area contributed by atoms with Crippen LogP contribution in [0.5, 0.6) is 0 Å². The Balaban J connectivity index is 1.63. The van der Waals surface area contributed by atoms with Gasteiger partial charge >= 0.3 is 6.18 Å². The number of halogens is 5.